The van der Waals surface area contributed by atoms with Crippen molar-refractivity contribution in [3.05, 3.63) is 29.6 Å². The minimum atomic E-state index is -0.100. The lowest BCUT2D eigenvalue weighted by Crippen LogP contribution is -2.32. The quantitative estimate of drug-likeness (QED) is 0.800. The normalized spacial score (nSPS) is 20.0. The lowest BCUT2D eigenvalue weighted by atomic mass is 9.89. The van der Waals surface area contributed by atoms with Gasteiger partial charge in [-0.3, -0.25) is 0 Å². The molecule has 0 radical (unpaired) electrons. The number of hydrogen-bond donors (Lipinski definition) is 1. The van der Waals surface area contributed by atoms with Gasteiger partial charge in [-0.2, -0.15) is 0 Å². The summed E-state index contributed by atoms with van der Waals surface area (Å²) in [4.78, 5) is 0.969. The van der Waals surface area contributed by atoms with Crippen molar-refractivity contribution in [3.63, 3.8) is 0 Å². The van der Waals surface area contributed by atoms with Gasteiger partial charge in [0.25, 0.3) is 0 Å². The van der Waals surface area contributed by atoms with Gasteiger partial charge in [0.05, 0.1) is 0 Å². The van der Waals surface area contributed by atoms with Gasteiger partial charge in [0.1, 0.15) is 5.82 Å². The summed E-state index contributed by atoms with van der Waals surface area (Å²) >= 11 is 1.56. The molecule has 1 aliphatic carbocycles. The standard InChI is InChI=1S/C12H16FNS/c1-8(14)12(5-6-12)10-4-3-9(15-2)7-11(10)13/h3-4,7-8H,5-6,14H2,1-2H3. The Balaban J connectivity index is 2.37. The molecule has 2 N–H and O–H groups in total. The first-order chi connectivity index (χ1) is 7.10. The maximum absolute atomic E-state index is 13.9. The van der Waals surface area contributed by atoms with Crippen LogP contribution in [0.2, 0.25) is 0 Å². The number of thioether (sulfide) groups is 1. The van der Waals surface area contributed by atoms with Crippen LogP contribution in [0.4, 0.5) is 4.39 Å². The van der Waals surface area contributed by atoms with E-state index in [9.17, 15) is 4.39 Å². The van der Waals surface area contributed by atoms with Crippen LogP contribution in [0.1, 0.15) is 25.3 Å². The van der Waals surface area contributed by atoms with Crippen LogP contribution in [0.5, 0.6) is 0 Å². The smallest absolute Gasteiger partial charge is 0.128 e. The topological polar surface area (TPSA) is 26.0 Å². The van der Waals surface area contributed by atoms with E-state index in [2.05, 4.69) is 0 Å². The average molecular weight is 225 g/mol. The molecular formula is C12H16FNS. The van der Waals surface area contributed by atoms with Gasteiger partial charge >= 0.3 is 0 Å². The number of nitrogens with two attached hydrogens (primary N) is 1. The van der Waals surface area contributed by atoms with Crippen molar-refractivity contribution < 1.29 is 4.39 Å². The van der Waals surface area contributed by atoms with E-state index in [0.29, 0.717) is 0 Å². The average Bonchev–Trinajstić information content (AvgIpc) is 2.98. The predicted octanol–water partition coefficient (Wildman–Crippen LogP) is 2.93. The molecule has 0 aromatic heterocycles. The molecule has 1 saturated carbocycles. The van der Waals surface area contributed by atoms with Crippen molar-refractivity contribution in [2.75, 3.05) is 6.26 Å². The fourth-order valence-electron chi connectivity index (χ4n) is 2.13. The maximum atomic E-state index is 13.9. The largest absolute Gasteiger partial charge is 0.327 e. The van der Waals surface area contributed by atoms with Gasteiger partial charge in [-0.1, -0.05) is 6.07 Å². The summed E-state index contributed by atoms with van der Waals surface area (Å²) in [7, 11) is 0. The molecule has 0 saturated heterocycles. The number of hydrogen-bond acceptors (Lipinski definition) is 2. The molecule has 1 aromatic rings. The number of rotatable bonds is 3. The van der Waals surface area contributed by atoms with Crippen molar-refractivity contribution in [1.29, 1.82) is 0 Å². The van der Waals surface area contributed by atoms with Crippen LogP contribution in [0.25, 0.3) is 0 Å². The van der Waals surface area contributed by atoms with E-state index in [4.69, 9.17) is 5.73 Å². The van der Waals surface area contributed by atoms with Crippen LogP contribution in [-0.4, -0.2) is 12.3 Å². The van der Waals surface area contributed by atoms with E-state index in [-0.39, 0.29) is 17.3 Å². The van der Waals surface area contributed by atoms with Crippen LogP contribution in [0.15, 0.2) is 23.1 Å². The van der Waals surface area contributed by atoms with Gasteiger partial charge in [-0.15, -0.1) is 11.8 Å². The van der Waals surface area contributed by atoms with Crippen LogP contribution < -0.4 is 5.73 Å². The summed E-state index contributed by atoms with van der Waals surface area (Å²) in [6, 6.07) is 5.53. The summed E-state index contributed by atoms with van der Waals surface area (Å²) in [6.07, 6.45) is 3.98. The van der Waals surface area contributed by atoms with Crippen molar-refractivity contribution in [2.24, 2.45) is 5.73 Å². The fraction of sp³-hybridized carbons (Fsp3) is 0.500. The van der Waals surface area contributed by atoms with Gasteiger partial charge in [-0.25, -0.2) is 4.39 Å². The third-order valence-corrected chi connectivity index (χ3v) is 4.10. The summed E-state index contributed by atoms with van der Waals surface area (Å²) in [6.45, 7) is 1.97. The molecule has 2 rings (SSSR count). The van der Waals surface area contributed by atoms with Crippen LogP contribution in [0, 0.1) is 5.82 Å². The first kappa shape index (κ1) is 11.0. The van der Waals surface area contributed by atoms with E-state index in [1.807, 2.05) is 25.3 Å². The zero-order chi connectivity index (χ0) is 11.1. The third kappa shape index (κ3) is 1.79. The van der Waals surface area contributed by atoms with E-state index in [1.165, 1.54) is 0 Å². The van der Waals surface area contributed by atoms with E-state index < -0.39 is 0 Å². The van der Waals surface area contributed by atoms with Gasteiger partial charge < -0.3 is 5.73 Å². The minimum absolute atomic E-state index is 0.0344. The van der Waals surface area contributed by atoms with Crippen LogP contribution >= 0.6 is 11.8 Å². The lowest BCUT2D eigenvalue weighted by Gasteiger charge is -2.20. The maximum Gasteiger partial charge on any atom is 0.128 e. The molecule has 3 heteroatoms. The van der Waals surface area contributed by atoms with Crippen molar-refractivity contribution in [2.45, 2.75) is 36.1 Å². The van der Waals surface area contributed by atoms with Crippen LogP contribution in [0.3, 0.4) is 0 Å². The first-order valence-electron chi connectivity index (χ1n) is 5.20. The molecular weight excluding hydrogens is 209 g/mol. The second kappa shape index (κ2) is 3.80. The molecule has 1 nitrogen and oxygen atoms in total. The molecule has 82 valence electrons. The summed E-state index contributed by atoms with van der Waals surface area (Å²) in [5.41, 5.74) is 6.65. The predicted molar refractivity (Wildman–Crippen MR) is 62.7 cm³/mol. The Morgan fingerprint density at radius 1 is 1.47 bits per heavy atom. The van der Waals surface area contributed by atoms with E-state index in [1.54, 1.807) is 17.8 Å². The fourth-order valence-corrected chi connectivity index (χ4v) is 2.56. The zero-order valence-electron chi connectivity index (χ0n) is 9.09. The Bertz CT molecular complexity index is 372. The second-order valence-corrected chi connectivity index (χ2v) is 5.17. The molecule has 0 amide bonds. The minimum Gasteiger partial charge on any atom is -0.327 e. The van der Waals surface area contributed by atoms with Gasteiger partial charge in [-0.05, 0) is 43.7 Å². The van der Waals surface area contributed by atoms with Gasteiger partial charge in [0.2, 0.25) is 0 Å². The third-order valence-electron chi connectivity index (χ3n) is 3.37. The zero-order valence-corrected chi connectivity index (χ0v) is 9.90. The van der Waals surface area contributed by atoms with Gasteiger partial charge in [0, 0.05) is 16.4 Å². The molecule has 1 unspecified atom stereocenters. The Morgan fingerprint density at radius 2 is 2.13 bits per heavy atom. The Morgan fingerprint density at radius 3 is 2.53 bits per heavy atom. The molecule has 0 spiro atoms. The van der Waals surface area contributed by atoms with Crippen molar-refractivity contribution in [3.8, 4) is 0 Å². The van der Waals surface area contributed by atoms with Crippen molar-refractivity contribution >= 4 is 11.8 Å². The molecule has 0 aliphatic heterocycles. The Hall–Kier alpha value is -0.540. The molecule has 1 atom stereocenters. The monoisotopic (exact) mass is 225 g/mol. The van der Waals surface area contributed by atoms with Crippen LogP contribution in [-0.2, 0) is 5.41 Å². The van der Waals surface area contributed by atoms with E-state index in [0.717, 1.165) is 23.3 Å². The highest BCUT2D eigenvalue weighted by Gasteiger charge is 2.48. The molecule has 15 heavy (non-hydrogen) atoms. The summed E-state index contributed by atoms with van der Waals surface area (Å²) in [5, 5.41) is 0. The Kier molecular flexibility index (Phi) is 2.77. The number of halogens is 1. The molecule has 1 aliphatic rings. The molecule has 1 fully saturated rings. The SMILES string of the molecule is CSc1ccc(C2(C(C)N)CC2)c(F)c1. The number of benzene rings is 1. The van der Waals surface area contributed by atoms with E-state index >= 15 is 0 Å². The summed E-state index contributed by atoms with van der Waals surface area (Å²) in [5.74, 6) is -0.100. The highest BCUT2D eigenvalue weighted by atomic mass is 32.2. The lowest BCUT2D eigenvalue weighted by molar-refractivity contribution is 0.510. The van der Waals surface area contributed by atoms with Crippen molar-refractivity contribution in [1.82, 2.24) is 0 Å². The summed E-state index contributed by atoms with van der Waals surface area (Å²) < 4.78 is 13.9. The highest BCUT2D eigenvalue weighted by molar-refractivity contribution is 7.98. The molecule has 0 bridgehead atoms. The highest BCUT2D eigenvalue weighted by Crippen LogP contribution is 2.51. The Labute approximate surface area is 94.2 Å². The molecule has 0 heterocycles. The first-order valence-corrected chi connectivity index (χ1v) is 6.42. The second-order valence-electron chi connectivity index (χ2n) is 4.29. The van der Waals surface area contributed by atoms with Gasteiger partial charge in [0.15, 0.2) is 0 Å². The molecule has 1 aromatic carbocycles.